The van der Waals surface area contributed by atoms with Crippen LogP contribution < -0.4 is 10.1 Å². The molecule has 0 aliphatic carbocycles. The summed E-state index contributed by atoms with van der Waals surface area (Å²) in [5, 5.41) is 3.15. The first-order chi connectivity index (χ1) is 13.4. The summed E-state index contributed by atoms with van der Waals surface area (Å²) >= 11 is 0. The van der Waals surface area contributed by atoms with Crippen LogP contribution in [0.25, 0.3) is 0 Å². The van der Waals surface area contributed by atoms with E-state index in [2.05, 4.69) is 15.3 Å². The SMILES string of the molecule is CC(=O)N1CCN(C(=O)c2cnc(Nc3ccc(OC(C)C)cc3)cn2)CC1. The van der Waals surface area contributed by atoms with Gasteiger partial charge in [0.2, 0.25) is 5.91 Å². The van der Waals surface area contributed by atoms with E-state index in [0.717, 1.165) is 11.4 Å². The van der Waals surface area contributed by atoms with Crippen molar-refractivity contribution in [1.82, 2.24) is 19.8 Å². The topological polar surface area (TPSA) is 87.7 Å². The zero-order chi connectivity index (χ0) is 20.1. The second-order valence-corrected chi connectivity index (χ2v) is 6.90. The molecule has 1 aliphatic heterocycles. The van der Waals surface area contributed by atoms with Crippen LogP contribution in [-0.2, 0) is 4.79 Å². The van der Waals surface area contributed by atoms with E-state index in [-0.39, 0.29) is 17.9 Å². The average Bonchev–Trinajstić information content (AvgIpc) is 2.69. The number of piperazine rings is 1. The predicted octanol–water partition coefficient (Wildman–Crippen LogP) is 2.31. The van der Waals surface area contributed by atoms with Crippen LogP contribution in [0.1, 0.15) is 31.3 Å². The number of benzene rings is 1. The number of nitrogens with one attached hydrogen (secondary N) is 1. The molecule has 1 aliphatic rings. The van der Waals surface area contributed by atoms with Crippen LogP contribution in [0.4, 0.5) is 11.5 Å². The normalized spacial score (nSPS) is 14.1. The van der Waals surface area contributed by atoms with Crippen LogP contribution in [0, 0.1) is 0 Å². The van der Waals surface area contributed by atoms with Crippen molar-refractivity contribution in [2.45, 2.75) is 26.9 Å². The summed E-state index contributed by atoms with van der Waals surface area (Å²) in [7, 11) is 0. The number of ether oxygens (including phenoxy) is 1. The third kappa shape index (κ3) is 4.97. The molecule has 2 amide bonds. The maximum atomic E-state index is 12.6. The van der Waals surface area contributed by atoms with Crippen LogP contribution >= 0.6 is 0 Å². The summed E-state index contributed by atoms with van der Waals surface area (Å²) in [5.41, 5.74) is 1.15. The summed E-state index contributed by atoms with van der Waals surface area (Å²) in [6.45, 7) is 7.60. The van der Waals surface area contributed by atoms with Crippen molar-refractivity contribution in [2.24, 2.45) is 0 Å². The van der Waals surface area contributed by atoms with Gasteiger partial charge in [-0.2, -0.15) is 0 Å². The molecule has 1 saturated heterocycles. The Morgan fingerprint density at radius 3 is 2.18 bits per heavy atom. The third-order valence-corrected chi connectivity index (χ3v) is 4.38. The summed E-state index contributed by atoms with van der Waals surface area (Å²) in [6, 6.07) is 7.56. The van der Waals surface area contributed by atoms with Gasteiger partial charge in [0.25, 0.3) is 5.91 Å². The Morgan fingerprint density at radius 1 is 1.00 bits per heavy atom. The van der Waals surface area contributed by atoms with Gasteiger partial charge in [0.05, 0.1) is 18.5 Å². The highest BCUT2D eigenvalue weighted by Gasteiger charge is 2.24. The molecule has 0 radical (unpaired) electrons. The number of nitrogens with zero attached hydrogens (tertiary/aromatic N) is 4. The van der Waals surface area contributed by atoms with Crippen molar-refractivity contribution in [2.75, 3.05) is 31.5 Å². The van der Waals surface area contributed by atoms with Crippen molar-refractivity contribution in [1.29, 1.82) is 0 Å². The fourth-order valence-corrected chi connectivity index (χ4v) is 2.93. The highest BCUT2D eigenvalue weighted by molar-refractivity contribution is 5.92. The minimum atomic E-state index is -0.169. The second kappa shape index (κ2) is 8.69. The molecule has 0 saturated carbocycles. The monoisotopic (exact) mass is 383 g/mol. The zero-order valence-electron chi connectivity index (χ0n) is 16.4. The molecule has 1 aromatic heterocycles. The molecule has 3 rings (SSSR count). The van der Waals surface area contributed by atoms with E-state index in [1.54, 1.807) is 16.7 Å². The lowest BCUT2D eigenvalue weighted by molar-refractivity contribution is -0.130. The van der Waals surface area contributed by atoms with Gasteiger partial charge in [-0.15, -0.1) is 0 Å². The fourth-order valence-electron chi connectivity index (χ4n) is 2.93. The summed E-state index contributed by atoms with van der Waals surface area (Å²) in [5.74, 6) is 1.22. The molecule has 2 heterocycles. The Bertz CT molecular complexity index is 813. The van der Waals surface area contributed by atoms with Gasteiger partial charge in [-0.1, -0.05) is 0 Å². The van der Waals surface area contributed by atoms with Crippen molar-refractivity contribution in [3.63, 3.8) is 0 Å². The van der Waals surface area contributed by atoms with Crippen LogP contribution in [0.2, 0.25) is 0 Å². The molecule has 0 bridgehead atoms. The van der Waals surface area contributed by atoms with E-state index in [1.165, 1.54) is 12.4 Å². The zero-order valence-corrected chi connectivity index (χ0v) is 16.4. The van der Waals surface area contributed by atoms with Crippen LogP contribution in [0.3, 0.4) is 0 Å². The lowest BCUT2D eigenvalue weighted by atomic mass is 10.2. The van der Waals surface area contributed by atoms with E-state index < -0.39 is 0 Å². The first kappa shape index (κ1) is 19.6. The second-order valence-electron chi connectivity index (χ2n) is 6.90. The van der Waals surface area contributed by atoms with E-state index in [4.69, 9.17) is 4.74 Å². The predicted molar refractivity (Wildman–Crippen MR) is 106 cm³/mol. The summed E-state index contributed by atoms with van der Waals surface area (Å²) < 4.78 is 5.62. The van der Waals surface area contributed by atoms with Gasteiger partial charge in [-0.05, 0) is 38.1 Å². The number of carbonyl (C=O) groups is 2. The van der Waals surface area contributed by atoms with Crippen molar-refractivity contribution in [3.8, 4) is 5.75 Å². The Morgan fingerprint density at radius 2 is 1.64 bits per heavy atom. The minimum absolute atomic E-state index is 0.0334. The maximum absolute atomic E-state index is 12.6. The summed E-state index contributed by atoms with van der Waals surface area (Å²) in [4.78, 5) is 35.9. The molecule has 148 valence electrons. The quantitative estimate of drug-likeness (QED) is 0.853. The van der Waals surface area contributed by atoms with E-state index in [1.807, 2.05) is 38.1 Å². The molecule has 1 aromatic carbocycles. The molecular formula is C20H25N5O3. The molecule has 1 fully saturated rings. The van der Waals surface area contributed by atoms with Crippen LogP contribution in [0.5, 0.6) is 5.75 Å². The molecule has 8 heteroatoms. The van der Waals surface area contributed by atoms with Gasteiger partial charge in [-0.25, -0.2) is 9.97 Å². The van der Waals surface area contributed by atoms with Crippen molar-refractivity contribution >= 4 is 23.3 Å². The third-order valence-electron chi connectivity index (χ3n) is 4.38. The highest BCUT2D eigenvalue weighted by Crippen LogP contribution is 2.19. The van der Waals surface area contributed by atoms with Crippen LogP contribution in [0.15, 0.2) is 36.7 Å². The number of hydrogen-bond acceptors (Lipinski definition) is 6. The van der Waals surface area contributed by atoms with E-state index >= 15 is 0 Å². The van der Waals surface area contributed by atoms with Gasteiger partial charge >= 0.3 is 0 Å². The smallest absolute Gasteiger partial charge is 0.274 e. The highest BCUT2D eigenvalue weighted by atomic mass is 16.5. The standard InChI is InChI=1S/C20H25N5O3/c1-14(2)28-17-6-4-16(5-7-17)23-19-13-21-18(12-22-19)20(27)25-10-8-24(9-11-25)15(3)26/h4-7,12-14H,8-11H2,1-3H3,(H,22,23). The van der Waals surface area contributed by atoms with Crippen molar-refractivity contribution in [3.05, 3.63) is 42.4 Å². The fraction of sp³-hybridized carbons (Fsp3) is 0.400. The Hall–Kier alpha value is -3.16. The van der Waals surface area contributed by atoms with Gasteiger partial charge in [0.1, 0.15) is 17.3 Å². The number of aromatic nitrogens is 2. The van der Waals surface area contributed by atoms with Gasteiger partial charge in [-0.3, -0.25) is 9.59 Å². The first-order valence-electron chi connectivity index (χ1n) is 9.33. The molecule has 0 unspecified atom stereocenters. The average molecular weight is 383 g/mol. The molecule has 2 aromatic rings. The molecule has 0 spiro atoms. The molecular weight excluding hydrogens is 358 g/mol. The molecule has 1 N–H and O–H groups in total. The molecule has 28 heavy (non-hydrogen) atoms. The number of amides is 2. The first-order valence-corrected chi connectivity index (χ1v) is 9.33. The largest absolute Gasteiger partial charge is 0.491 e. The number of carbonyl (C=O) groups excluding carboxylic acids is 2. The Balaban J connectivity index is 1.57. The van der Waals surface area contributed by atoms with E-state index in [9.17, 15) is 9.59 Å². The van der Waals surface area contributed by atoms with E-state index in [0.29, 0.717) is 37.7 Å². The summed E-state index contributed by atoms with van der Waals surface area (Å²) in [6.07, 6.45) is 3.13. The van der Waals surface area contributed by atoms with Gasteiger partial charge in [0, 0.05) is 38.8 Å². The lowest BCUT2D eigenvalue weighted by Crippen LogP contribution is -2.50. The number of hydrogen-bond donors (Lipinski definition) is 1. The molecule has 0 atom stereocenters. The maximum Gasteiger partial charge on any atom is 0.274 e. The molecule has 8 nitrogen and oxygen atoms in total. The lowest BCUT2D eigenvalue weighted by Gasteiger charge is -2.33. The van der Waals surface area contributed by atoms with Gasteiger partial charge in [0.15, 0.2) is 0 Å². The van der Waals surface area contributed by atoms with Gasteiger partial charge < -0.3 is 19.9 Å². The number of rotatable bonds is 5. The van der Waals surface area contributed by atoms with Crippen molar-refractivity contribution < 1.29 is 14.3 Å². The Kier molecular flexibility index (Phi) is 6.08. The van der Waals surface area contributed by atoms with Crippen LogP contribution in [-0.4, -0.2) is 63.9 Å². The minimum Gasteiger partial charge on any atom is -0.491 e. The number of anilines is 2. The Labute approximate surface area is 164 Å².